The maximum atomic E-state index is 11.1. The lowest BCUT2D eigenvalue weighted by Crippen LogP contribution is -2.46. The maximum Gasteiger partial charge on any atom is 0.500 e. The summed E-state index contributed by atoms with van der Waals surface area (Å²) in [4.78, 5) is 10.6. The van der Waals surface area contributed by atoms with E-state index in [1.54, 1.807) is 6.07 Å². The molecular formula is C16H27NO6Si. The molecule has 0 aromatic heterocycles. The zero-order chi connectivity index (χ0) is 18.0. The molecule has 0 fully saturated rings. The van der Waals surface area contributed by atoms with Crippen LogP contribution in [0.5, 0.6) is 0 Å². The van der Waals surface area contributed by atoms with Crippen molar-refractivity contribution in [1.29, 1.82) is 0 Å². The second kappa shape index (κ2) is 10.5. The lowest BCUT2D eigenvalue weighted by Gasteiger charge is -2.28. The van der Waals surface area contributed by atoms with Crippen molar-refractivity contribution < 1.29 is 23.3 Å². The smallest absolute Gasteiger partial charge is 0.391 e. The summed E-state index contributed by atoms with van der Waals surface area (Å²) in [7, 11) is -2.71. The van der Waals surface area contributed by atoms with E-state index in [0.29, 0.717) is 44.3 Å². The van der Waals surface area contributed by atoms with Gasteiger partial charge in [-0.15, -0.1) is 0 Å². The van der Waals surface area contributed by atoms with E-state index in [-0.39, 0.29) is 12.3 Å². The Morgan fingerprint density at radius 2 is 1.71 bits per heavy atom. The lowest BCUT2D eigenvalue weighted by molar-refractivity contribution is -0.385. The summed E-state index contributed by atoms with van der Waals surface area (Å²) in [5.41, 5.74) is 1.11. The van der Waals surface area contributed by atoms with Crippen LogP contribution in [0.1, 0.15) is 38.3 Å². The lowest BCUT2D eigenvalue weighted by atomic mass is 10.0. The van der Waals surface area contributed by atoms with E-state index >= 15 is 0 Å². The third-order valence-electron chi connectivity index (χ3n) is 3.62. The molecule has 0 aliphatic rings. The van der Waals surface area contributed by atoms with Crippen LogP contribution >= 0.6 is 0 Å². The Hall–Kier alpha value is -1.32. The van der Waals surface area contributed by atoms with Gasteiger partial charge in [0.05, 0.1) is 17.1 Å². The first-order valence-corrected chi connectivity index (χ1v) is 10.2. The zero-order valence-corrected chi connectivity index (χ0v) is 15.6. The second-order valence-corrected chi connectivity index (χ2v) is 7.90. The van der Waals surface area contributed by atoms with Gasteiger partial charge in [0, 0.05) is 31.9 Å². The number of hydrogen-bond donors (Lipinski definition) is 1. The van der Waals surface area contributed by atoms with E-state index in [0.717, 1.165) is 5.56 Å². The molecule has 0 unspecified atom stereocenters. The highest BCUT2D eigenvalue weighted by Gasteiger charge is 2.39. The van der Waals surface area contributed by atoms with E-state index in [2.05, 4.69) is 0 Å². The highest BCUT2D eigenvalue weighted by atomic mass is 28.4. The van der Waals surface area contributed by atoms with Crippen LogP contribution in [0.2, 0.25) is 6.04 Å². The Labute approximate surface area is 144 Å². The topological polar surface area (TPSA) is 91.1 Å². The van der Waals surface area contributed by atoms with Gasteiger partial charge < -0.3 is 18.4 Å². The molecule has 0 heterocycles. The maximum absolute atomic E-state index is 11.1. The predicted octanol–water partition coefficient (Wildman–Crippen LogP) is 3.07. The van der Waals surface area contributed by atoms with Gasteiger partial charge in [0.25, 0.3) is 5.69 Å². The van der Waals surface area contributed by atoms with Gasteiger partial charge in [0.1, 0.15) is 0 Å². The van der Waals surface area contributed by atoms with Crippen LogP contribution in [0, 0.1) is 10.1 Å². The van der Waals surface area contributed by atoms with Crippen LogP contribution < -0.4 is 0 Å². The van der Waals surface area contributed by atoms with Gasteiger partial charge in [-0.1, -0.05) is 12.1 Å². The predicted molar refractivity (Wildman–Crippen MR) is 92.8 cm³/mol. The molecular weight excluding hydrogens is 330 g/mol. The molecule has 0 aliphatic heterocycles. The number of hydrogen-bond acceptors (Lipinski definition) is 6. The van der Waals surface area contributed by atoms with E-state index < -0.39 is 13.7 Å². The third kappa shape index (κ3) is 5.64. The Balaban J connectivity index is 2.84. The van der Waals surface area contributed by atoms with Crippen molar-refractivity contribution in [2.24, 2.45) is 0 Å². The molecule has 136 valence electrons. The number of nitrogens with zero attached hydrogens (tertiary/aromatic N) is 1. The number of aryl methyl sites for hydroxylation is 1. The minimum absolute atomic E-state index is 0.0436. The molecule has 0 atom stereocenters. The van der Waals surface area contributed by atoms with Crippen LogP contribution in [0.4, 0.5) is 5.69 Å². The Kier molecular flexibility index (Phi) is 9.09. The summed E-state index contributed by atoms with van der Waals surface area (Å²) < 4.78 is 17.4. The molecule has 0 amide bonds. The first-order valence-electron chi connectivity index (χ1n) is 8.31. The highest BCUT2D eigenvalue weighted by Crippen LogP contribution is 2.25. The van der Waals surface area contributed by atoms with Crippen molar-refractivity contribution in [2.75, 3.05) is 19.8 Å². The fourth-order valence-electron chi connectivity index (χ4n) is 2.71. The van der Waals surface area contributed by atoms with Gasteiger partial charge in [0.15, 0.2) is 0 Å². The van der Waals surface area contributed by atoms with E-state index in [1.165, 1.54) is 6.07 Å². The van der Waals surface area contributed by atoms with Gasteiger partial charge in [-0.3, -0.25) is 10.1 Å². The highest BCUT2D eigenvalue weighted by molar-refractivity contribution is 6.60. The number of rotatable bonds is 12. The minimum Gasteiger partial charge on any atom is -0.391 e. The van der Waals surface area contributed by atoms with Crippen LogP contribution in [0.15, 0.2) is 18.2 Å². The molecule has 0 saturated heterocycles. The van der Waals surface area contributed by atoms with Crippen LogP contribution in [-0.4, -0.2) is 38.7 Å². The monoisotopic (exact) mass is 357 g/mol. The molecule has 0 spiro atoms. The Morgan fingerprint density at radius 3 is 2.17 bits per heavy atom. The second-order valence-electron chi connectivity index (χ2n) is 5.17. The summed E-state index contributed by atoms with van der Waals surface area (Å²) >= 11 is 0. The molecule has 7 nitrogen and oxygen atoms in total. The number of aliphatic hydroxyl groups is 1. The van der Waals surface area contributed by atoms with Gasteiger partial charge in [0.2, 0.25) is 0 Å². The summed E-state index contributed by atoms with van der Waals surface area (Å²) in [6.07, 6.45) is 1.31. The molecule has 0 saturated carbocycles. The van der Waals surface area contributed by atoms with Crippen molar-refractivity contribution in [1.82, 2.24) is 0 Å². The normalized spacial score (nSPS) is 11.7. The number of nitro benzene ring substituents is 1. The minimum atomic E-state index is -2.71. The number of nitro groups is 1. The van der Waals surface area contributed by atoms with Crippen molar-refractivity contribution in [3.63, 3.8) is 0 Å². The third-order valence-corrected chi connectivity index (χ3v) is 6.78. The average molecular weight is 357 g/mol. The summed E-state index contributed by atoms with van der Waals surface area (Å²) in [5.74, 6) is 0. The number of benzene rings is 1. The summed E-state index contributed by atoms with van der Waals surface area (Å²) in [6, 6.07) is 5.50. The Bertz CT molecular complexity index is 508. The molecule has 1 N–H and O–H groups in total. The fourth-order valence-corrected chi connectivity index (χ4v) is 5.32. The van der Waals surface area contributed by atoms with Crippen molar-refractivity contribution >= 4 is 14.5 Å². The molecule has 1 rings (SSSR count). The van der Waals surface area contributed by atoms with Gasteiger partial charge in [-0.05, 0) is 39.2 Å². The van der Waals surface area contributed by atoms with Crippen molar-refractivity contribution in [3.05, 3.63) is 39.4 Å². The van der Waals surface area contributed by atoms with Crippen molar-refractivity contribution in [3.8, 4) is 0 Å². The van der Waals surface area contributed by atoms with Gasteiger partial charge in [-0.25, -0.2) is 0 Å². The van der Waals surface area contributed by atoms with Crippen LogP contribution in [0.25, 0.3) is 0 Å². The number of aliphatic hydroxyl groups excluding tert-OH is 1. The molecule has 0 radical (unpaired) electrons. The molecule has 0 bridgehead atoms. The van der Waals surface area contributed by atoms with Crippen LogP contribution in [0.3, 0.4) is 0 Å². The van der Waals surface area contributed by atoms with Gasteiger partial charge in [-0.2, -0.15) is 0 Å². The van der Waals surface area contributed by atoms with Crippen LogP contribution in [-0.2, 0) is 26.3 Å². The molecule has 8 heteroatoms. The quantitative estimate of drug-likeness (QED) is 0.351. The standard InChI is InChI=1S/C16H27NO6Si/c1-4-21-24(22-5-2,23-6-3)12-8-10-14-9-7-11-16(17(19)20)15(14)13-18/h7,9,11,18H,4-6,8,10,12-13H2,1-3H3. The Morgan fingerprint density at radius 1 is 1.12 bits per heavy atom. The molecule has 0 aliphatic carbocycles. The summed E-state index contributed by atoms with van der Waals surface area (Å²) in [5, 5.41) is 20.6. The largest absolute Gasteiger partial charge is 0.500 e. The van der Waals surface area contributed by atoms with Crippen molar-refractivity contribution in [2.45, 2.75) is 46.3 Å². The molecule has 1 aromatic carbocycles. The first-order chi connectivity index (χ1) is 11.5. The fraction of sp³-hybridized carbons (Fsp3) is 0.625. The van der Waals surface area contributed by atoms with E-state index in [1.807, 2.05) is 26.8 Å². The molecule has 24 heavy (non-hydrogen) atoms. The summed E-state index contributed by atoms with van der Waals surface area (Å²) in [6.45, 7) is 6.93. The van der Waals surface area contributed by atoms with E-state index in [4.69, 9.17) is 13.3 Å². The zero-order valence-electron chi connectivity index (χ0n) is 14.6. The molecule has 1 aromatic rings. The van der Waals surface area contributed by atoms with Gasteiger partial charge >= 0.3 is 8.80 Å². The average Bonchev–Trinajstić information content (AvgIpc) is 2.55. The first kappa shape index (κ1) is 20.7. The van der Waals surface area contributed by atoms with E-state index in [9.17, 15) is 15.2 Å². The SMILES string of the molecule is CCO[Si](CCCc1cccc([N+](=O)[O-])c1CO)(OCC)OCC.